The fraction of sp³-hybridized carbons (Fsp3) is 0.273. The molecule has 14 heteroatoms. The SMILES string of the molecule is CCO/N=C(/C(=O)N[C@@H]1C(=O)N2C(C(=O)O)=C(C[n+]3cc4ccccn4c3)CS[C@H]12)c1csc(N)n1. The average molecular weight is 529 g/mol. The Morgan fingerprint density at radius 1 is 1.42 bits per heavy atom. The van der Waals surface area contributed by atoms with Gasteiger partial charge < -0.3 is 21.0 Å². The molecule has 2 amide bonds. The number of rotatable bonds is 8. The zero-order chi connectivity index (χ0) is 25.4. The molecule has 1 fully saturated rings. The molecule has 0 radical (unpaired) electrons. The number of aromatic nitrogens is 3. The number of carboxylic acids is 1. The summed E-state index contributed by atoms with van der Waals surface area (Å²) in [5, 5.41) is 17.7. The molecule has 1 saturated heterocycles. The Morgan fingerprint density at radius 3 is 2.94 bits per heavy atom. The summed E-state index contributed by atoms with van der Waals surface area (Å²) in [4.78, 5) is 48.6. The van der Waals surface area contributed by atoms with Gasteiger partial charge in [0, 0.05) is 16.7 Å². The Hall–Kier alpha value is -3.91. The van der Waals surface area contributed by atoms with E-state index in [0.29, 0.717) is 17.9 Å². The number of hydrogen-bond acceptors (Lipinski definition) is 9. The van der Waals surface area contributed by atoms with Crippen LogP contribution in [0.1, 0.15) is 12.6 Å². The monoisotopic (exact) mass is 528 g/mol. The van der Waals surface area contributed by atoms with Crippen LogP contribution in [0.15, 0.2) is 58.7 Å². The lowest BCUT2D eigenvalue weighted by molar-refractivity contribution is -0.687. The molecule has 0 saturated carbocycles. The lowest BCUT2D eigenvalue weighted by atomic mass is 10.0. The van der Waals surface area contributed by atoms with Crippen molar-refractivity contribution in [2.45, 2.75) is 24.9 Å². The highest BCUT2D eigenvalue weighted by molar-refractivity contribution is 8.00. The number of hydrogen-bond donors (Lipinski definition) is 3. The maximum absolute atomic E-state index is 13.0. The maximum atomic E-state index is 13.0. The fourth-order valence-electron chi connectivity index (χ4n) is 4.10. The minimum absolute atomic E-state index is 0.0486. The summed E-state index contributed by atoms with van der Waals surface area (Å²) < 4.78 is 3.81. The molecule has 36 heavy (non-hydrogen) atoms. The number of nitrogens with zero attached hydrogens (tertiary/aromatic N) is 5. The van der Waals surface area contributed by atoms with Gasteiger partial charge in [-0.3, -0.25) is 14.5 Å². The van der Waals surface area contributed by atoms with Gasteiger partial charge in [-0.2, -0.15) is 0 Å². The van der Waals surface area contributed by atoms with Crippen molar-refractivity contribution < 1.29 is 28.9 Å². The van der Waals surface area contributed by atoms with Gasteiger partial charge in [-0.1, -0.05) is 11.2 Å². The van der Waals surface area contributed by atoms with Crippen molar-refractivity contribution in [1.82, 2.24) is 19.6 Å². The van der Waals surface area contributed by atoms with Crippen molar-refractivity contribution in [3.63, 3.8) is 0 Å². The molecule has 0 aliphatic carbocycles. The number of carbonyl (C=O) groups is 3. The molecule has 0 bridgehead atoms. The molecule has 3 aromatic rings. The van der Waals surface area contributed by atoms with Gasteiger partial charge in [0.25, 0.3) is 11.8 Å². The Bertz CT molecular complexity index is 1400. The van der Waals surface area contributed by atoms with Gasteiger partial charge in [-0.05, 0) is 19.1 Å². The summed E-state index contributed by atoms with van der Waals surface area (Å²) in [6.07, 6.45) is 5.68. The van der Waals surface area contributed by atoms with E-state index in [1.807, 2.05) is 45.9 Å². The van der Waals surface area contributed by atoms with Gasteiger partial charge in [0.1, 0.15) is 42.2 Å². The molecule has 2 atom stereocenters. The summed E-state index contributed by atoms with van der Waals surface area (Å²) in [5.74, 6) is -1.95. The zero-order valence-electron chi connectivity index (χ0n) is 19.0. The summed E-state index contributed by atoms with van der Waals surface area (Å²) in [5.41, 5.74) is 7.33. The van der Waals surface area contributed by atoms with Crippen LogP contribution in [0.3, 0.4) is 0 Å². The third-order valence-corrected chi connectivity index (χ3v) is 7.68. The fourth-order valence-corrected chi connectivity index (χ4v) is 5.98. The number of carbonyl (C=O) groups excluding carboxylic acids is 2. The lowest BCUT2D eigenvalue weighted by Gasteiger charge is -2.49. The second-order valence-corrected chi connectivity index (χ2v) is 9.99. The summed E-state index contributed by atoms with van der Waals surface area (Å²) in [7, 11) is 0. The molecule has 5 rings (SSSR count). The van der Waals surface area contributed by atoms with Crippen molar-refractivity contribution in [3.8, 4) is 0 Å². The minimum Gasteiger partial charge on any atom is -0.477 e. The number of nitrogen functional groups attached to an aromatic ring is 1. The van der Waals surface area contributed by atoms with E-state index in [1.54, 1.807) is 12.3 Å². The van der Waals surface area contributed by atoms with Crippen molar-refractivity contribution in [3.05, 3.63) is 59.3 Å². The second kappa shape index (κ2) is 9.62. The molecule has 0 aromatic carbocycles. The highest BCUT2D eigenvalue weighted by atomic mass is 32.2. The van der Waals surface area contributed by atoms with E-state index in [9.17, 15) is 19.5 Å². The number of nitrogens with two attached hydrogens (primary N) is 1. The number of anilines is 1. The van der Waals surface area contributed by atoms with Crippen LogP contribution in [0.2, 0.25) is 0 Å². The topological polar surface area (TPSA) is 156 Å². The highest BCUT2D eigenvalue weighted by Gasteiger charge is 2.54. The molecular weight excluding hydrogens is 506 g/mol. The first-order valence-corrected chi connectivity index (χ1v) is 12.9. The molecule has 0 unspecified atom stereocenters. The van der Waals surface area contributed by atoms with Crippen LogP contribution in [0, 0.1) is 0 Å². The standard InChI is InChI=1S/C22H21N7O5S2/c1-2-34-26-15(14-10-36-22(23)24-14)18(30)25-16-19(31)29-17(21(32)33)12(9-35-20(16)29)7-27-8-13-5-3-4-6-28(13)11-27/h3-6,8,10-11,16,20H,2,7,9H2,1H3,(H3-,23,24,25,30,32,33)/p+1/b26-15+/t16-,20-/m1/s1. The molecule has 2 aliphatic heterocycles. The number of imidazole rings is 1. The van der Waals surface area contributed by atoms with Gasteiger partial charge in [0.15, 0.2) is 16.4 Å². The molecule has 5 heterocycles. The summed E-state index contributed by atoms with van der Waals surface area (Å²) in [6.45, 7) is 2.27. The predicted molar refractivity (Wildman–Crippen MR) is 132 cm³/mol. The number of oxime groups is 1. The number of aliphatic carboxylic acids is 1. The lowest BCUT2D eigenvalue weighted by Crippen LogP contribution is -2.71. The average Bonchev–Trinajstić information content (AvgIpc) is 3.47. The van der Waals surface area contributed by atoms with E-state index in [4.69, 9.17) is 10.6 Å². The van der Waals surface area contributed by atoms with E-state index >= 15 is 0 Å². The van der Waals surface area contributed by atoms with Crippen LogP contribution in [-0.2, 0) is 25.8 Å². The number of carboxylic acid groups (broad SMARTS) is 1. The van der Waals surface area contributed by atoms with Gasteiger partial charge in [0.05, 0.1) is 6.20 Å². The van der Waals surface area contributed by atoms with E-state index in [2.05, 4.69) is 15.5 Å². The first-order chi connectivity index (χ1) is 17.4. The summed E-state index contributed by atoms with van der Waals surface area (Å²) in [6, 6.07) is 4.86. The van der Waals surface area contributed by atoms with Gasteiger partial charge >= 0.3 is 5.97 Å². The Morgan fingerprint density at radius 2 is 2.25 bits per heavy atom. The number of thioether (sulfide) groups is 1. The molecule has 186 valence electrons. The molecule has 4 N–H and O–H groups in total. The highest BCUT2D eigenvalue weighted by Crippen LogP contribution is 2.40. The number of fused-ring (bicyclic) bond motifs is 2. The molecule has 2 aliphatic rings. The number of pyridine rings is 1. The van der Waals surface area contributed by atoms with Gasteiger partial charge in [-0.25, -0.2) is 18.7 Å². The predicted octanol–water partition coefficient (Wildman–Crippen LogP) is 0.445. The van der Waals surface area contributed by atoms with Crippen molar-refractivity contribution in [1.29, 1.82) is 0 Å². The molecular formula is C22H22N7O5S2+. The zero-order valence-corrected chi connectivity index (χ0v) is 20.7. The number of nitrogens with one attached hydrogen (secondary N) is 1. The van der Waals surface area contributed by atoms with E-state index < -0.39 is 29.2 Å². The van der Waals surface area contributed by atoms with E-state index in [0.717, 1.165) is 16.9 Å². The Balaban J connectivity index is 1.35. The molecule has 3 aromatic heterocycles. The normalized spacial score (nSPS) is 19.8. The molecule has 12 nitrogen and oxygen atoms in total. The smallest absolute Gasteiger partial charge is 0.352 e. The van der Waals surface area contributed by atoms with Gasteiger partial charge in [-0.15, -0.1) is 23.1 Å². The van der Waals surface area contributed by atoms with Crippen LogP contribution in [0.25, 0.3) is 5.52 Å². The number of amides is 2. The Kier molecular flexibility index (Phi) is 6.36. The Labute approximate surface area is 213 Å². The third kappa shape index (κ3) is 4.28. The van der Waals surface area contributed by atoms with Crippen molar-refractivity contribution in [2.24, 2.45) is 5.16 Å². The van der Waals surface area contributed by atoms with Gasteiger partial charge in [0.2, 0.25) is 6.33 Å². The van der Waals surface area contributed by atoms with Crippen molar-refractivity contribution in [2.75, 3.05) is 18.1 Å². The summed E-state index contributed by atoms with van der Waals surface area (Å²) >= 11 is 2.54. The van der Waals surface area contributed by atoms with E-state index in [1.165, 1.54) is 16.7 Å². The number of thiazole rings is 1. The quantitative estimate of drug-likeness (QED) is 0.165. The van der Waals surface area contributed by atoms with E-state index in [-0.39, 0.29) is 28.8 Å². The minimum atomic E-state index is -1.19. The number of β-lactam (4-membered cyclic amide) rings is 1. The first-order valence-electron chi connectivity index (χ1n) is 10.9. The largest absolute Gasteiger partial charge is 0.477 e. The van der Waals surface area contributed by atoms with Crippen LogP contribution in [0.4, 0.5) is 5.13 Å². The molecule has 0 spiro atoms. The van der Waals surface area contributed by atoms with Crippen LogP contribution >= 0.6 is 23.1 Å². The van der Waals surface area contributed by atoms with Crippen LogP contribution < -0.4 is 15.6 Å². The third-order valence-electron chi connectivity index (χ3n) is 5.67. The second-order valence-electron chi connectivity index (χ2n) is 8.00. The van der Waals surface area contributed by atoms with Crippen LogP contribution in [-0.4, -0.2) is 66.7 Å². The van der Waals surface area contributed by atoms with Crippen molar-refractivity contribution >= 4 is 57.2 Å². The first kappa shape index (κ1) is 23.8. The maximum Gasteiger partial charge on any atom is 0.352 e. The van der Waals surface area contributed by atoms with Crippen LogP contribution in [0.5, 0.6) is 0 Å².